The molecule has 0 aromatic carbocycles. The second-order valence-electron chi connectivity index (χ2n) is 5.24. The summed E-state index contributed by atoms with van der Waals surface area (Å²) >= 11 is 2.04. The molecule has 1 N–H and O–H groups in total. The predicted molar refractivity (Wildman–Crippen MR) is 81.1 cm³/mol. The molecule has 1 aromatic rings. The topological polar surface area (TPSA) is 17.0 Å². The lowest BCUT2D eigenvalue weighted by atomic mass is 9.95. The van der Waals surface area contributed by atoms with Gasteiger partial charge in [-0.2, -0.15) is 11.8 Å². The Morgan fingerprint density at radius 3 is 3.00 bits per heavy atom. The molecular formula is C15H26N2S. The summed E-state index contributed by atoms with van der Waals surface area (Å²) in [4.78, 5) is 0. The highest BCUT2D eigenvalue weighted by Gasteiger charge is 2.23. The molecule has 18 heavy (non-hydrogen) atoms. The number of nitrogens with zero attached hydrogens (tertiary/aromatic N) is 1. The van der Waals surface area contributed by atoms with Crippen molar-refractivity contribution in [2.24, 2.45) is 0 Å². The molecule has 1 aliphatic rings. The van der Waals surface area contributed by atoms with Gasteiger partial charge in [-0.3, -0.25) is 0 Å². The Bertz CT molecular complexity index is 348. The number of hydrogen-bond donors (Lipinski definition) is 1. The van der Waals surface area contributed by atoms with Gasteiger partial charge >= 0.3 is 0 Å². The molecule has 3 heteroatoms. The minimum absolute atomic E-state index is 0.707. The molecule has 0 spiro atoms. The fraction of sp³-hybridized carbons (Fsp3) is 0.733. The normalized spacial score (nSPS) is 24.3. The minimum Gasteiger partial charge on any atom is -0.350 e. The summed E-state index contributed by atoms with van der Waals surface area (Å²) in [5.74, 6) is 0. The van der Waals surface area contributed by atoms with Crippen molar-refractivity contribution in [1.82, 2.24) is 9.88 Å². The average molecular weight is 266 g/mol. The minimum atomic E-state index is 0.707. The third-order valence-corrected chi connectivity index (χ3v) is 5.11. The Morgan fingerprint density at radius 2 is 2.22 bits per heavy atom. The van der Waals surface area contributed by atoms with Crippen LogP contribution in [0.2, 0.25) is 0 Å². The van der Waals surface area contributed by atoms with Crippen molar-refractivity contribution in [1.29, 1.82) is 0 Å². The van der Waals surface area contributed by atoms with E-state index in [1.54, 1.807) is 0 Å². The number of aromatic nitrogens is 1. The first-order valence-corrected chi connectivity index (χ1v) is 8.54. The molecule has 1 fully saturated rings. The molecule has 2 rings (SSSR count). The zero-order valence-electron chi connectivity index (χ0n) is 11.7. The molecule has 1 aliphatic carbocycles. The lowest BCUT2D eigenvalue weighted by molar-refractivity contribution is 0.379. The van der Waals surface area contributed by atoms with E-state index in [0.717, 1.165) is 18.3 Å². The van der Waals surface area contributed by atoms with Crippen LogP contribution in [0.1, 0.15) is 44.7 Å². The first-order chi connectivity index (χ1) is 8.85. The van der Waals surface area contributed by atoms with Gasteiger partial charge in [-0.15, -0.1) is 0 Å². The van der Waals surface area contributed by atoms with E-state index in [2.05, 4.69) is 41.4 Å². The monoisotopic (exact) mass is 266 g/mol. The van der Waals surface area contributed by atoms with Crippen LogP contribution >= 0.6 is 11.8 Å². The van der Waals surface area contributed by atoms with Crippen LogP contribution in [-0.2, 0) is 13.1 Å². The molecule has 102 valence electrons. The van der Waals surface area contributed by atoms with Crippen LogP contribution in [0.5, 0.6) is 0 Å². The van der Waals surface area contributed by atoms with Gasteiger partial charge in [0.2, 0.25) is 0 Å². The molecule has 1 saturated carbocycles. The number of aryl methyl sites for hydroxylation is 1. The zero-order chi connectivity index (χ0) is 12.8. The van der Waals surface area contributed by atoms with Crippen LogP contribution in [0.3, 0.4) is 0 Å². The van der Waals surface area contributed by atoms with Crippen LogP contribution in [0.15, 0.2) is 18.3 Å². The molecule has 0 aliphatic heterocycles. The predicted octanol–water partition coefficient (Wildman–Crippen LogP) is 3.66. The van der Waals surface area contributed by atoms with Gasteiger partial charge in [0.15, 0.2) is 0 Å². The maximum absolute atomic E-state index is 3.78. The van der Waals surface area contributed by atoms with Crippen molar-refractivity contribution in [2.45, 2.75) is 63.4 Å². The van der Waals surface area contributed by atoms with Crippen molar-refractivity contribution in [3.05, 3.63) is 24.0 Å². The molecule has 2 atom stereocenters. The smallest absolute Gasteiger partial charge is 0.0362 e. The van der Waals surface area contributed by atoms with Gasteiger partial charge in [0.25, 0.3) is 0 Å². The van der Waals surface area contributed by atoms with E-state index < -0.39 is 0 Å². The van der Waals surface area contributed by atoms with Gasteiger partial charge < -0.3 is 9.88 Å². The third kappa shape index (κ3) is 3.55. The number of hydrogen-bond acceptors (Lipinski definition) is 2. The highest BCUT2D eigenvalue weighted by molar-refractivity contribution is 7.99. The van der Waals surface area contributed by atoms with Crippen molar-refractivity contribution in [3.63, 3.8) is 0 Å². The Morgan fingerprint density at radius 1 is 1.39 bits per heavy atom. The lowest BCUT2D eigenvalue weighted by Crippen LogP contribution is -2.40. The second kappa shape index (κ2) is 7.25. The summed E-state index contributed by atoms with van der Waals surface area (Å²) in [6, 6.07) is 5.12. The average Bonchev–Trinajstić information content (AvgIpc) is 2.84. The van der Waals surface area contributed by atoms with Crippen molar-refractivity contribution in [3.8, 4) is 0 Å². The van der Waals surface area contributed by atoms with E-state index in [1.807, 2.05) is 11.8 Å². The van der Waals surface area contributed by atoms with Crippen molar-refractivity contribution in [2.75, 3.05) is 6.26 Å². The summed E-state index contributed by atoms with van der Waals surface area (Å²) in [7, 11) is 0. The summed E-state index contributed by atoms with van der Waals surface area (Å²) in [6.07, 6.45) is 11.2. The van der Waals surface area contributed by atoms with E-state index in [9.17, 15) is 0 Å². The van der Waals surface area contributed by atoms with Crippen LogP contribution < -0.4 is 5.32 Å². The van der Waals surface area contributed by atoms with Crippen LogP contribution in [-0.4, -0.2) is 22.1 Å². The van der Waals surface area contributed by atoms with Crippen molar-refractivity contribution >= 4 is 11.8 Å². The quantitative estimate of drug-likeness (QED) is 0.846. The van der Waals surface area contributed by atoms with E-state index >= 15 is 0 Å². The first kappa shape index (κ1) is 14.0. The van der Waals surface area contributed by atoms with E-state index in [4.69, 9.17) is 0 Å². The molecule has 2 nitrogen and oxygen atoms in total. The molecule has 0 amide bonds. The molecule has 1 aromatic heterocycles. The number of rotatable bonds is 6. The third-order valence-electron chi connectivity index (χ3n) is 3.94. The van der Waals surface area contributed by atoms with Gasteiger partial charge in [-0.1, -0.05) is 19.8 Å². The SMILES string of the molecule is CCCn1cccc1CNC1CCCCC1SC. The molecule has 0 saturated heterocycles. The van der Waals surface area contributed by atoms with Gasteiger partial charge in [0.05, 0.1) is 0 Å². The molecule has 1 heterocycles. The fourth-order valence-electron chi connectivity index (χ4n) is 2.92. The lowest BCUT2D eigenvalue weighted by Gasteiger charge is -2.31. The van der Waals surface area contributed by atoms with Crippen molar-refractivity contribution < 1.29 is 0 Å². The highest BCUT2D eigenvalue weighted by Crippen LogP contribution is 2.27. The second-order valence-corrected chi connectivity index (χ2v) is 6.32. The van der Waals surface area contributed by atoms with Gasteiger partial charge in [-0.25, -0.2) is 0 Å². The standard InChI is InChI=1S/C15H26N2S/c1-3-10-17-11-6-7-13(17)12-16-14-8-4-5-9-15(14)18-2/h6-7,11,14-16H,3-5,8-10,12H2,1-2H3. The Kier molecular flexibility index (Phi) is 5.64. The fourth-order valence-corrected chi connectivity index (χ4v) is 3.88. The van der Waals surface area contributed by atoms with E-state index in [0.29, 0.717) is 6.04 Å². The summed E-state index contributed by atoms with van der Waals surface area (Å²) in [5.41, 5.74) is 1.43. The Labute approximate surface area is 116 Å². The maximum Gasteiger partial charge on any atom is 0.0362 e. The first-order valence-electron chi connectivity index (χ1n) is 7.25. The number of thioether (sulfide) groups is 1. The largest absolute Gasteiger partial charge is 0.350 e. The Balaban J connectivity index is 1.87. The van der Waals surface area contributed by atoms with Crippen LogP contribution in [0, 0.1) is 0 Å². The molecule has 0 bridgehead atoms. The summed E-state index contributed by atoms with van der Waals surface area (Å²) in [5, 5.41) is 4.60. The molecule has 2 unspecified atom stereocenters. The summed E-state index contributed by atoms with van der Waals surface area (Å²) < 4.78 is 2.38. The van der Waals surface area contributed by atoms with Crippen LogP contribution in [0.4, 0.5) is 0 Å². The van der Waals surface area contributed by atoms with Crippen LogP contribution in [0.25, 0.3) is 0 Å². The highest BCUT2D eigenvalue weighted by atomic mass is 32.2. The zero-order valence-corrected chi connectivity index (χ0v) is 12.5. The van der Waals surface area contributed by atoms with Gasteiger partial charge in [-0.05, 0) is 37.7 Å². The molecular weight excluding hydrogens is 240 g/mol. The van der Waals surface area contributed by atoms with E-state index in [-0.39, 0.29) is 0 Å². The van der Waals surface area contributed by atoms with E-state index in [1.165, 1.54) is 37.8 Å². The van der Waals surface area contributed by atoms with Gasteiger partial charge in [0.1, 0.15) is 0 Å². The Hall–Kier alpha value is -0.410. The van der Waals surface area contributed by atoms with Gasteiger partial charge in [0, 0.05) is 36.3 Å². The maximum atomic E-state index is 3.78. The number of nitrogens with one attached hydrogen (secondary N) is 1. The molecule has 0 radical (unpaired) electrons. The summed E-state index contributed by atoms with van der Waals surface area (Å²) in [6.45, 7) is 4.40.